The van der Waals surface area contributed by atoms with Gasteiger partial charge in [0, 0.05) is 12.6 Å². The molecule has 66 valence electrons. The fraction of sp³-hybridized carbons (Fsp3) is 0.556. The van der Waals surface area contributed by atoms with Crippen molar-refractivity contribution in [2.75, 3.05) is 0 Å². The minimum Gasteiger partial charge on any atom is -0.268 e. The van der Waals surface area contributed by atoms with E-state index in [0.717, 1.165) is 25.1 Å². The number of hydrogen-bond acceptors (Lipinski definition) is 2. The number of rotatable bonds is 3. The maximum atomic E-state index is 11.2. The SMILES string of the molecule is CCCCn1nc(C)ccc1=O. The molecule has 0 radical (unpaired) electrons. The van der Waals surface area contributed by atoms with Crippen molar-refractivity contribution in [1.29, 1.82) is 0 Å². The van der Waals surface area contributed by atoms with Crippen molar-refractivity contribution in [2.24, 2.45) is 0 Å². The van der Waals surface area contributed by atoms with Gasteiger partial charge in [-0.25, -0.2) is 4.68 Å². The van der Waals surface area contributed by atoms with Crippen molar-refractivity contribution in [3.63, 3.8) is 0 Å². The first-order valence-electron chi connectivity index (χ1n) is 4.29. The van der Waals surface area contributed by atoms with Crippen molar-refractivity contribution in [3.05, 3.63) is 28.2 Å². The van der Waals surface area contributed by atoms with E-state index in [1.165, 1.54) is 4.68 Å². The minimum atomic E-state index is -0.00551. The Morgan fingerprint density at radius 1 is 1.50 bits per heavy atom. The van der Waals surface area contributed by atoms with Gasteiger partial charge in [-0.05, 0) is 19.4 Å². The lowest BCUT2D eigenvalue weighted by Gasteiger charge is -2.02. The van der Waals surface area contributed by atoms with Crippen LogP contribution in [0.4, 0.5) is 0 Å². The second kappa shape index (κ2) is 4.04. The van der Waals surface area contributed by atoms with E-state index in [9.17, 15) is 4.79 Å². The maximum Gasteiger partial charge on any atom is 0.266 e. The van der Waals surface area contributed by atoms with E-state index in [2.05, 4.69) is 12.0 Å². The Morgan fingerprint density at radius 3 is 2.92 bits per heavy atom. The summed E-state index contributed by atoms with van der Waals surface area (Å²) in [5.41, 5.74) is 0.889. The number of unbranched alkanes of at least 4 members (excludes halogenated alkanes) is 1. The van der Waals surface area contributed by atoms with Crippen LogP contribution in [0.2, 0.25) is 0 Å². The standard InChI is InChI=1S/C9H14N2O/c1-3-4-7-11-9(12)6-5-8(2)10-11/h5-6H,3-4,7H2,1-2H3. The molecule has 1 rings (SSSR count). The molecule has 0 aromatic carbocycles. The summed E-state index contributed by atoms with van der Waals surface area (Å²) < 4.78 is 1.53. The number of aromatic nitrogens is 2. The summed E-state index contributed by atoms with van der Waals surface area (Å²) in [6, 6.07) is 3.31. The fourth-order valence-corrected chi connectivity index (χ4v) is 1.02. The van der Waals surface area contributed by atoms with E-state index < -0.39 is 0 Å². The molecule has 1 heterocycles. The molecule has 0 saturated heterocycles. The molecule has 0 aliphatic rings. The lowest BCUT2D eigenvalue weighted by molar-refractivity contribution is 0.537. The first-order valence-corrected chi connectivity index (χ1v) is 4.29. The van der Waals surface area contributed by atoms with Gasteiger partial charge in [0.25, 0.3) is 5.56 Å². The summed E-state index contributed by atoms with van der Waals surface area (Å²) in [5.74, 6) is 0. The van der Waals surface area contributed by atoms with Crippen molar-refractivity contribution < 1.29 is 0 Å². The van der Waals surface area contributed by atoms with Crippen LogP contribution in [0.1, 0.15) is 25.5 Å². The Morgan fingerprint density at radius 2 is 2.25 bits per heavy atom. The third-order valence-corrected chi connectivity index (χ3v) is 1.72. The van der Waals surface area contributed by atoms with E-state index >= 15 is 0 Å². The Labute approximate surface area is 72.0 Å². The smallest absolute Gasteiger partial charge is 0.266 e. The highest BCUT2D eigenvalue weighted by Gasteiger charge is 1.95. The predicted molar refractivity (Wildman–Crippen MR) is 48.1 cm³/mol. The third-order valence-electron chi connectivity index (χ3n) is 1.72. The van der Waals surface area contributed by atoms with E-state index in [4.69, 9.17) is 0 Å². The molecule has 1 aromatic heterocycles. The van der Waals surface area contributed by atoms with Crippen LogP contribution in [0.5, 0.6) is 0 Å². The molecule has 1 aromatic rings. The van der Waals surface area contributed by atoms with Gasteiger partial charge in [-0.1, -0.05) is 13.3 Å². The van der Waals surface area contributed by atoms with Crippen LogP contribution >= 0.6 is 0 Å². The van der Waals surface area contributed by atoms with Gasteiger partial charge in [0.2, 0.25) is 0 Å². The molecule has 3 nitrogen and oxygen atoms in total. The Hall–Kier alpha value is -1.12. The van der Waals surface area contributed by atoms with E-state index in [1.54, 1.807) is 12.1 Å². The van der Waals surface area contributed by atoms with Crippen molar-refractivity contribution in [3.8, 4) is 0 Å². The fourth-order valence-electron chi connectivity index (χ4n) is 1.02. The normalized spacial score (nSPS) is 10.2. The second-order valence-corrected chi connectivity index (χ2v) is 2.89. The van der Waals surface area contributed by atoms with Gasteiger partial charge >= 0.3 is 0 Å². The third kappa shape index (κ3) is 2.19. The van der Waals surface area contributed by atoms with Gasteiger partial charge in [0.05, 0.1) is 5.69 Å². The van der Waals surface area contributed by atoms with Crippen LogP contribution in [0.15, 0.2) is 16.9 Å². The van der Waals surface area contributed by atoms with Crippen LogP contribution in [0.25, 0.3) is 0 Å². The summed E-state index contributed by atoms with van der Waals surface area (Å²) >= 11 is 0. The van der Waals surface area contributed by atoms with Crippen LogP contribution in [-0.4, -0.2) is 9.78 Å². The van der Waals surface area contributed by atoms with Crippen molar-refractivity contribution in [1.82, 2.24) is 9.78 Å². The molecule has 0 aliphatic heterocycles. The Balaban J connectivity index is 2.83. The number of aryl methyl sites for hydroxylation is 2. The van der Waals surface area contributed by atoms with Gasteiger partial charge in [-0.2, -0.15) is 5.10 Å². The first-order chi connectivity index (χ1) is 5.74. The number of nitrogens with zero attached hydrogens (tertiary/aromatic N) is 2. The Bertz CT molecular complexity index is 304. The first kappa shape index (κ1) is 8.97. The topological polar surface area (TPSA) is 34.9 Å². The predicted octanol–water partition coefficient (Wildman–Crippen LogP) is 1.35. The Kier molecular flexibility index (Phi) is 3.02. The monoisotopic (exact) mass is 166 g/mol. The van der Waals surface area contributed by atoms with Crippen LogP contribution in [0, 0.1) is 6.92 Å². The van der Waals surface area contributed by atoms with Gasteiger partial charge in [-0.3, -0.25) is 4.79 Å². The van der Waals surface area contributed by atoms with E-state index in [-0.39, 0.29) is 5.56 Å². The quantitative estimate of drug-likeness (QED) is 0.679. The summed E-state index contributed by atoms with van der Waals surface area (Å²) in [6.07, 6.45) is 2.10. The summed E-state index contributed by atoms with van der Waals surface area (Å²) in [6.45, 7) is 4.72. The molecule has 0 bridgehead atoms. The minimum absolute atomic E-state index is 0.00551. The molecule has 0 unspecified atom stereocenters. The largest absolute Gasteiger partial charge is 0.268 e. The number of hydrogen-bond donors (Lipinski definition) is 0. The second-order valence-electron chi connectivity index (χ2n) is 2.89. The molecule has 0 saturated carbocycles. The summed E-state index contributed by atoms with van der Waals surface area (Å²) in [5, 5.41) is 4.11. The lowest BCUT2D eigenvalue weighted by Crippen LogP contribution is -2.22. The van der Waals surface area contributed by atoms with Gasteiger partial charge in [0.15, 0.2) is 0 Å². The molecular formula is C9H14N2O. The molecule has 0 spiro atoms. The zero-order valence-electron chi connectivity index (χ0n) is 7.58. The van der Waals surface area contributed by atoms with Gasteiger partial charge < -0.3 is 0 Å². The van der Waals surface area contributed by atoms with E-state index in [1.807, 2.05) is 6.92 Å². The maximum absolute atomic E-state index is 11.2. The highest BCUT2D eigenvalue weighted by molar-refractivity contribution is 4.96. The van der Waals surface area contributed by atoms with Gasteiger partial charge in [-0.15, -0.1) is 0 Å². The lowest BCUT2D eigenvalue weighted by atomic mass is 10.3. The van der Waals surface area contributed by atoms with Crippen LogP contribution in [0.3, 0.4) is 0 Å². The van der Waals surface area contributed by atoms with Crippen molar-refractivity contribution in [2.45, 2.75) is 33.2 Å². The zero-order valence-corrected chi connectivity index (χ0v) is 7.58. The molecular weight excluding hydrogens is 152 g/mol. The highest BCUT2D eigenvalue weighted by atomic mass is 16.1. The van der Waals surface area contributed by atoms with Crippen LogP contribution < -0.4 is 5.56 Å². The molecule has 0 atom stereocenters. The summed E-state index contributed by atoms with van der Waals surface area (Å²) in [4.78, 5) is 11.2. The molecule has 0 aliphatic carbocycles. The average molecular weight is 166 g/mol. The molecule has 3 heteroatoms. The molecule has 12 heavy (non-hydrogen) atoms. The average Bonchev–Trinajstić information content (AvgIpc) is 2.07. The zero-order chi connectivity index (χ0) is 8.97. The highest BCUT2D eigenvalue weighted by Crippen LogP contribution is 1.91. The molecule has 0 amide bonds. The van der Waals surface area contributed by atoms with Crippen molar-refractivity contribution >= 4 is 0 Å². The summed E-state index contributed by atoms with van der Waals surface area (Å²) in [7, 11) is 0. The molecule has 0 fully saturated rings. The molecule has 0 N–H and O–H groups in total. The van der Waals surface area contributed by atoms with E-state index in [0.29, 0.717) is 0 Å². The van der Waals surface area contributed by atoms with Crippen LogP contribution in [-0.2, 0) is 6.54 Å². The van der Waals surface area contributed by atoms with Gasteiger partial charge in [0.1, 0.15) is 0 Å².